The second-order valence-corrected chi connectivity index (χ2v) is 7.94. The summed E-state index contributed by atoms with van der Waals surface area (Å²) >= 11 is 0. The zero-order valence-electron chi connectivity index (χ0n) is 17.4. The smallest absolute Gasteiger partial charge is 0.222 e. The van der Waals surface area contributed by atoms with E-state index in [-0.39, 0.29) is 6.61 Å². The summed E-state index contributed by atoms with van der Waals surface area (Å²) in [4.78, 5) is 16.5. The van der Waals surface area contributed by atoms with Crippen LogP contribution in [0.15, 0.2) is 0 Å². The van der Waals surface area contributed by atoms with Gasteiger partial charge in [-0.3, -0.25) is 9.69 Å². The average molecular weight is 369 g/mol. The van der Waals surface area contributed by atoms with Crippen LogP contribution in [-0.4, -0.2) is 60.1 Å². The Morgan fingerprint density at radius 3 is 1.65 bits per heavy atom. The van der Waals surface area contributed by atoms with Crippen molar-refractivity contribution in [3.63, 3.8) is 0 Å². The number of amides is 1. The fourth-order valence-electron chi connectivity index (χ4n) is 3.81. The van der Waals surface area contributed by atoms with E-state index in [1.807, 2.05) is 4.90 Å². The highest BCUT2D eigenvalue weighted by molar-refractivity contribution is 5.76. The molecule has 1 fully saturated rings. The van der Waals surface area contributed by atoms with Crippen LogP contribution in [0.5, 0.6) is 0 Å². The lowest BCUT2D eigenvalue weighted by atomic mass is 10.0. The first-order chi connectivity index (χ1) is 12.8. The highest BCUT2D eigenvalue weighted by atomic mass is 16.3. The molecule has 0 aromatic heterocycles. The van der Waals surface area contributed by atoms with Gasteiger partial charge < -0.3 is 10.0 Å². The van der Waals surface area contributed by atoms with Gasteiger partial charge in [-0.05, 0) is 6.42 Å². The van der Waals surface area contributed by atoms with Gasteiger partial charge in [0, 0.05) is 39.1 Å². The molecule has 4 nitrogen and oxygen atoms in total. The van der Waals surface area contributed by atoms with E-state index in [1.54, 1.807) is 0 Å². The van der Waals surface area contributed by atoms with Crippen LogP contribution in [0.4, 0.5) is 0 Å². The molecule has 1 aliphatic rings. The molecule has 0 radical (unpaired) electrons. The summed E-state index contributed by atoms with van der Waals surface area (Å²) in [6, 6.07) is 0. The van der Waals surface area contributed by atoms with Crippen molar-refractivity contribution in [3.05, 3.63) is 0 Å². The highest BCUT2D eigenvalue weighted by Crippen LogP contribution is 2.13. The first-order valence-corrected chi connectivity index (χ1v) is 11.4. The summed E-state index contributed by atoms with van der Waals surface area (Å²) in [7, 11) is 0. The zero-order chi connectivity index (χ0) is 18.9. The number of unbranched alkanes of at least 4 members (excludes halogenated alkanes) is 12. The molecule has 1 saturated heterocycles. The lowest BCUT2D eigenvalue weighted by Crippen LogP contribution is -2.49. The van der Waals surface area contributed by atoms with Crippen LogP contribution in [0.1, 0.15) is 96.8 Å². The Labute approximate surface area is 162 Å². The third-order valence-corrected chi connectivity index (χ3v) is 5.64. The fourth-order valence-corrected chi connectivity index (χ4v) is 3.81. The minimum atomic E-state index is 0.215. The minimum Gasteiger partial charge on any atom is -0.395 e. The molecular weight excluding hydrogens is 324 g/mol. The Bertz CT molecular complexity index is 328. The molecule has 0 bridgehead atoms. The van der Waals surface area contributed by atoms with Crippen molar-refractivity contribution >= 4 is 5.91 Å². The van der Waals surface area contributed by atoms with Crippen molar-refractivity contribution in [2.24, 2.45) is 0 Å². The van der Waals surface area contributed by atoms with Crippen molar-refractivity contribution in [1.29, 1.82) is 0 Å². The lowest BCUT2D eigenvalue weighted by molar-refractivity contribution is -0.133. The van der Waals surface area contributed by atoms with Crippen LogP contribution in [0.25, 0.3) is 0 Å². The highest BCUT2D eigenvalue weighted by Gasteiger charge is 2.19. The molecule has 1 amide bonds. The molecule has 0 aromatic carbocycles. The first kappa shape index (κ1) is 23.4. The molecule has 0 aromatic rings. The number of hydrogen-bond donors (Lipinski definition) is 1. The molecule has 0 spiro atoms. The van der Waals surface area contributed by atoms with Crippen LogP contribution < -0.4 is 0 Å². The summed E-state index contributed by atoms with van der Waals surface area (Å²) < 4.78 is 0. The molecule has 26 heavy (non-hydrogen) atoms. The van der Waals surface area contributed by atoms with Crippen molar-refractivity contribution in [1.82, 2.24) is 9.80 Å². The van der Waals surface area contributed by atoms with Crippen LogP contribution in [0, 0.1) is 0 Å². The number of hydrogen-bond acceptors (Lipinski definition) is 3. The van der Waals surface area contributed by atoms with Gasteiger partial charge in [0.05, 0.1) is 6.61 Å². The maximum atomic E-state index is 12.2. The predicted octanol–water partition coefficient (Wildman–Crippen LogP) is 4.60. The molecule has 1 aliphatic heterocycles. The van der Waals surface area contributed by atoms with Gasteiger partial charge in [0.2, 0.25) is 5.91 Å². The average Bonchev–Trinajstić information content (AvgIpc) is 2.66. The van der Waals surface area contributed by atoms with Crippen LogP contribution in [0.2, 0.25) is 0 Å². The van der Waals surface area contributed by atoms with Gasteiger partial charge in [0.25, 0.3) is 0 Å². The fraction of sp³-hybridized carbons (Fsp3) is 0.955. The van der Waals surface area contributed by atoms with Crippen LogP contribution in [0.3, 0.4) is 0 Å². The molecule has 0 unspecified atom stereocenters. The van der Waals surface area contributed by atoms with Gasteiger partial charge in [-0.15, -0.1) is 0 Å². The quantitative estimate of drug-likeness (QED) is 0.405. The summed E-state index contributed by atoms with van der Waals surface area (Å²) in [5.74, 6) is 0.330. The number of carbonyl (C=O) groups is 1. The van der Waals surface area contributed by atoms with Gasteiger partial charge in [-0.2, -0.15) is 0 Å². The molecule has 1 heterocycles. The molecule has 0 atom stereocenters. The Hall–Kier alpha value is -0.610. The number of β-amino-alcohol motifs (C(OH)–C–C–N with tert-alkyl or cyclic N) is 1. The molecule has 0 aliphatic carbocycles. The minimum absolute atomic E-state index is 0.215. The summed E-state index contributed by atoms with van der Waals surface area (Å²) in [5.41, 5.74) is 0. The van der Waals surface area contributed by atoms with E-state index in [4.69, 9.17) is 5.11 Å². The van der Waals surface area contributed by atoms with E-state index < -0.39 is 0 Å². The van der Waals surface area contributed by atoms with Crippen LogP contribution >= 0.6 is 0 Å². The van der Waals surface area contributed by atoms with E-state index >= 15 is 0 Å². The number of rotatable bonds is 16. The third-order valence-electron chi connectivity index (χ3n) is 5.64. The summed E-state index contributed by atoms with van der Waals surface area (Å²) in [6.07, 6.45) is 18.2. The number of nitrogens with zero attached hydrogens (tertiary/aromatic N) is 2. The second kappa shape index (κ2) is 16.6. The Morgan fingerprint density at radius 1 is 0.731 bits per heavy atom. The number of piperazine rings is 1. The Kier molecular flexibility index (Phi) is 14.9. The van der Waals surface area contributed by atoms with Gasteiger partial charge in [-0.1, -0.05) is 84.0 Å². The zero-order valence-corrected chi connectivity index (χ0v) is 17.4. The Balaban J connectivity index is 1.83. The van der Waals surface area contributed by atoms with E-state index in [2.05, 4.69) is 11.8 Å². The second-order valence-electron chi connectivity index (χ2n) is 7.94. The summed E-state index contributed by atoms with van der Waals surface area (Å²) in [5, 5.41) is 8.96. The molecule has 0 saturated carbocycles. The Morgan fingerprint density at radius 2 is 1.19 bits per heavy atom. The SMILES string of the molecule is CCCCCCCCCCCCCCCC(=O)N1CCN(CCO)CC1. The molecule has 154 valence electrons. The van der Waals surface area contributed by atoms with E-state index in [1.165, 1.54) is 77.0 Å². The predicted molar refractivity (Wildman–Crippen MR) is 110 cm³/mol. The van der Waals surface area contributed by atoms with Gasteiger partial charge in [-0.25, -0.2) is 0 Å². The van der Waals surface area contributed by atoms with Crippen molar-refractivity contribution < 1.29 is 9.90 Å². The number of aliphatic hydroxyl groups excluding tert-OH is 1. The molecule has 1 rings (SSSR count). The maximum Gasteiger partial charge on any atom is 0.222 e. The van der Waals surface area contributed by atoms with Gasteiger partial charge in [0.15, 0.2) is 0 Å². The van der Waals surface area contributed by atoms with Crippen LogP contribution in [-0.2, 0) is 4.79 Å². The molecule has 1 N–H and O–H groups in total. The topological polar surface area (TPSA) is 43.8 Å². The maximum absolute atomic E-state index is 12.2. The number of carbonyl (C=O) groups excluding carboxylic acids is 1. The normalized spacial score (nSPS) is 15.5. The summed E-state index contributed by atoms with van der Waals surface area (Å²) in [6.45, 7) is 6.70. The first-order valence-electron chi connectivity index (χ1n) is 11.4. The van der Waals surface area contributed by atoms with E-state index in [0.717, 1.165) is 45.6 Å². The lowest BCUT2D eigenvalue weighted by Gasteiger charge is -2.34. The third kappa shape index (κ3) is 11.9. The monoisotopic (exact) mass is 368 g/mol. The van der Waals surface area contributed by atoms with Gasteiger partial charge >= 0.3 is 0 Å². The van der Waals surface area contributed by atoms with Crippen molar-refractivity contribution in [2.45, 2.75) is 96.8 Å². The van der Waals surface area contributed by atoms with E-state index in [9.17, 15) is 4.79 Å². The number of aliphatic hydroxyl groups is 1. The van der Waals surface area contributed by atoms with Gasteiger partial charge in [0.1, 0.15) is 0 Å². The standard InChI is InChI=1S/C22H44N2O2/c1-2-3-4-5-6-7-8-9-10-11-12-13-14-15-22(26)24-18-16-23(17-19-24)20-21-25/h25H,2-21H2,1H3. The molecular formula is C22H44N2O2. The van der Waals surface area contributed by atoms with Crippen molar-refractivity contribution in [2.75, 3.05) is 39.3 Å². The largest absolute Gasteiger partial charge is 0.395 e. The van der Waals surface area contributed by atoms with E-state index in [0.29, 0.717) is 5.91 Å². The van der Waals surface area contributed by atoms with Crippen molar-refractivity contribution in [3.8, 4) is 0 Å². The molecule has 4 heteroatoms.